The summed E-state index contributed by atoms with van der Waals surface area (Å²) in [7, 11) is 0. The predicted molar refractivity (Wildman–Crippen MR) is 90.2 cm³/mol. The fourth-order valence-corrected chi connectivity index (χ4v) is 2.47. The van der Waals surface area contributed by atoms with Crippen molar-refractivity contribution in [2.45, 2.75) is 11.5 Å². The number of carbonyl (C=O) groups excluding carboxylic acids is 2. The van der Waals surface area contributed by atoms with Crippen LogP contribution >= 0.6 is 11.8 Å². The van der Waals surface area contributed by atoms with E-state index in [0.717, 1.165) is 4.90 Å². The number of para-hydroxylation sites is 1. The second-order valence-electron chi connectivity index (χ2n) is 4.73. The summed E-state index contributed by atoms with van der Waals surface area (Å²) in [5.41, 5.74) is 0.753. The zero-order valence-electron chi connectivity index (χ0n) is 13.2. The van der Waals surface area contributed by atoms with E-state index in [2.05, 4.69) is 10.1 Å². The van der Waals surface area contributed by atoms with Gasteiger partial charge in [0.15, 0.2) is 6.61 Å². The Balaban J connectivity index is 1.87. The van der Waals surface area contributed by atoms with Crippen molar-refractivity contribution in [1.29, 1.82) is 0 Å². The van der Waals surface area contributed by atoms with Crippen molar-refractivity contribution in [2.24, 2.45) is 0 Å². The van der Waals surface area contributed by atoms with Gasteiger partial charge in [-0.1, -0.05) is 12.1 Å². The molecule has 0 aliphatic carbocycles. The summed E-state index contributed by atoms with van der Waals surface area (Å²) >= 11 is 1.48. The molecule has 0 spiro atoms. The topological polar surface area (TPSA) is 64.6 Å². The molecule has 1 N–H and O–H groups in total. The van der Waals surface area contributed by atoms with Crippen LogP contribution in [-0.2, 0) is 9.53 Å². The summed E-state index contributed by atoms with van der Waals surface area (Å²) in [5, 5.41) is 2.66. The maximum Gasteiger partial charge on any atom is 0.387 e. The van der Waals surface area contributed by atoms with Crippen LogP contribution in [0.5, 0.6) is 5.75 Å². The number of hydrogen-bond donors (Lipinski definition) is 1. The number of nitrogens with one attached hydrogen (secondary N) is 1. The van der Waals surface area contributed by atoms with Crippen LogP contribution in [0.2, 0.25) is 0 Å². The lowest BCUT2D eigenvalue weighted by Crippen LogP contribution is -2.21. The molecular weight excluding hydrogens is 352 g/mol. The molecule has 0 radical (unpaired) electrons. The van der Waals surface area contributed by atoms with Gasteiger partial charge in [0.2, 0.25) is 0 Å². The molecule has 0 aromatic heterocycles. The number of anilines is 1. The molecule has 0 aliphatic heterocycles. The van der Waals surface area contributed by atoms with Crippen molar-refractivity contribution in [2.75, 3.05) is 18.2 Å². The normalized spacial score (nSPS) is 10.4. The molecule has 0 fully saturated rings. The first-order chi connectivity index (χ1) is 12.0. The van der Waals surface area contributed by atoms with Gasteiger partial charge in [-0.2, -0.15) is 8.78 Å². The van der Waals surface area contributed by atoms with Crippen LogP contribution < -0.4 is 10.1 Å². The summed E-state index contributed by atoms with van der Waals surface area (Å²) in [6.07, 6.45) is 1.88. The Kier molecular flexibility index (Phi) is 6.76. The second-order valence-corrected chi connectivity index (χ2v) is 5.58. The highest BCUT2D eigenvalue weighted by atomic mass is 32.2. The van der Waals surface area contributed by atoms with Gasteiger partial charge < -0.3 is 14.8 Å². The van der Waals surface area contributed by atoms with Crippen molar-refractivity contribution < 1.29 is 27.8 Å². The van der Waals surface area contributed by atoms with E-state index in [1.807, 2.05) is 18.4 Å². The number of halogens is 2. The van der Waals surface area contributed by atoms with Crippen LogP contribution in [0.25, 0.3) is 0 Å². The molecule has 0 saturated heterocycles. The molecule has 0 heterocycles. The van der Waals surface area contributed by atoms with Crippen LogP contribution in [0, 0.1) is 0 Å². The quantitative estimate of drug-likeness (QED) is 0.596. The Bertz CT molecular complexity index is 738. The summed E-state index contributed by atoms with van der Waals surface area (Å²) in [5.74, 6) is -1.29. The number of benzene rings is 2. The van der Waals surface area contributed by atoms with Crippen LogP contribution in [0.4, 0.5) is 14.5 Å². The van der Waals surface area contributed by atoms with E-state index in [0.29, 0.717) is 5.69 Å². The lowest BCUT2D eigenvalue weighted by molar-refractivity contribution is -0.119. The average molecular weight is 367 g/mol. The van der Waals surface area contributed by atoms with E-state index in [1.54, 1.807) is 12.1 Å². The van der Waals surface area contributed by atoms with Crippen molar-refractivity contribution in [1.82, 2.24) is 0 Å². The molecule has 0 atom stereocenters. The average Bonchev–Trinajstić information content (AvgIpc) is 2.60. The number of thioether (sulfide) groups is 1. The van der Waals surface area contributed by atoms with E-state index < -0.39 is 25.1 Å². The minimum Gasteiger partial charge on any atom is -0.452 e. The van der Waals surface area contributed by atoms with Crippen molar-refractivity contribution in [3.05, 3.63) is 54.1 Å². The molecule has 2 aromatic rings. The van der Waals surface area contributed by atoms with E-state index >= 15 is 0 Å². The first kappa shape index (κ1) is 18.7. The molecule has 132 valence electrons. The molecule has 2 aromatic carbocycles. The predicted octanol–water partition coefficient (Wildman–Crippen LogP) is 3.81. The first-order valence-corrected chi connectivity index (χ1v) is 8.37. The molecule has 1 amide bonds. The first-order valence-electron chi connectivity index (χ1n) is 7.14. The van der Waals surface area contributed by atoms with Crippen LogP contribution in [0.1, 0.15) is 10.4 Å². The molecule has 2 rings (SSSR count). The van der Waals surface area contributed by atoms with Gasteiger partial charge in [-0.05, 0) is 42.7 Å². The smallest absolute Gasteiger partial charge is 0.387 e. The van der Waals surface area contributed by atoms with Crippen LogP contribution in [0.3, 0.4) is 0 Å². The number of esters is 1. The Morgan fingerprint density at radius 1 is 1.12 bits per heavy atom. The van der Waals surface area contributed by atoms with E-state index in [9.17, 15) is 18.4 Å². The SMILES string of the molecule is CSc1ccccc1NC(=O)COC(=O)c1ccc(OC(F)F)cc1. The lowest BCUT2D eigenvalue weighted by Gasteiger charge is -2.10. The Morgan fingerprint density at radius 3 is 2.44 bits per heavy atom. The maximum atomic E-state index is 12.1. The second kappa shape index (κ2) is 9.03. The molecule has 0 bridgehead atoms. The zero-order valence-corrected chi connectivity index (χ0v) is 14.0. The summed E-state index contributed by atoms with van der Waals surface area (Å²) in [4.78, 5) is 24.6. The van der Waals surface area contributed by atoms with Gasteiger partial charge in [0.1, 0.15) is 5.75 Å². The fourth-order valence-electron chi connectivity index (χ4n) is 1.92. The van der Waals surface area contributed by atoms with Gasteiger partial charge in [0, 0.05) is 4.90 Å². The molecule has 0 unspecified atom stereocenters. The molecular formula is C17H15F2NO4S. The monoisotopic (exact) mass is 367 g/mol. The third-order valence-corrected chi connectivity index (χ3v) is 3.83. The standard InChI is InChI=1S/C17H15F2NO4S/c1-25-14-5-3-2-4-13(14)20-15(21)10-23-16(22)11-6-8-12(9-7-11)24-17(18)19/h2-9,17H,10H2,1H3,(H,20,21). The maximum absolute atomic E-state index is 12.1. The third kappa shape index (κ3) is 5.75. The molecule has 8 heteroatoms. The summed E-state index contributed by atoms with van der Waals surface area (Å²) in [6, 6.07) is 12.2. The van der Waals surface area contributed by atoms with Gasteiger partial charge in [-0.15, -0.1) is 11.8 Å². The highest BCUT2D eigenvalue weighted by Gasteiger charge is 2.12. The van der Waals surface area contributed by atoms with Crippen molar-refractivity contribution in [3.8, 4) is 5.75 Å². The van der Waals surface area contributed by atoms with E-state index in [1.165, 1.54) is 36.0 Å². The molecule has 0 aliphatic rings. The number of ether oxygens (including phenoxy) is 2. The summed E-state index contributed by atoms with van der Waals surface area (Å²) in [6.45, 7) is -3.40. The van der Waals surface area contributed by atoms with Crippen molar-refractivity contribution >= 4 is 29.3 Å². The number of alkyl halides is 2. The Morgan fingerprint density at radius 2 is 1.80 bits per heavy atom. The van der Waals surface area contributed by atoms with Gasteiger partial charge in [0.25, 0.3) is 5.91 Å². The number of amides is 1. The number of hydrogen-bond acceptors (Lipinski definition) is 5. The zero-order chi connectivity index (χ0) is 18.2. The van der Waals surface area contributed by atoms with Crippen LogP contribution in [0.15, 0.2) is 53.4 Å². The Hall–Kier alpha value is -2.61. The fraction of sp³-hybridized carbons (Fsp3) is 0.176. The Labute approximate surface area is 147 Å². The molecule has 25 heavy (non-hydrogen) atoms. The highest BCUT2D eigenvalue weighted by Crippen LogP contribution is 2.24. The lowest BCUT2D eigenvalue weighted by atomic mass is 10.2. The van der Waals surface area contributed by atoms with Gasteiger partial charge >= 0.3 is 12.6 Å². The summed E-state index contributed by atoms with van der Waals surface area (Å²) < 4.78 is 33.2. The van der Waals surface area contributed by atoms with Gasteiger partial charge in [0.05, 0.1) is 11.3 Å². The van der Waals surface area contributed by atoms with Gasteiger partial charge in [-0.25, -0.2) is 4.79 Å². The molecule has 5 nitrogen and oxygen atoms in total. The van der Waals surface area contributed by atoms with E-state index in [4.69, 9.17) is 4.74 Å². The van der Waals surface area contributed by atoms with Crippen molar-refractivity contribution in [3.63, 3.8) is 0 Å². The largest absolute Gasteiger partial charge is 0.452 e. The van der Waals surface area contributed by atoms with Gasteiger partial charge in [-0.3, -0.25) is 4.79 Å². The minimum atomic E-state index is -2.94. The van der Waals surface area contributed by atoms with E-state index in [-0.39, 0.29) is 11.3 Å². The minimum absolute atomic E-state index is 0.0713. The molecule has 0 saturated carbocycles. The third-order valence-electron chi connectivity index (χ3n) is 3.03. The number of rotatable bonds is 7. The highest BCUT2D eigenvalue weighted by molar-refractivity contribution is 7.98. The number of carbonyl (C=O) groups is 2. The van der Waals surface area contributed by atoms with Crippen LogP contribution in [-0.4, -0.2) is 31.4 Å².